The van der Waals surface area contributed by atoms with Gasteiger partial charge in [-0.1, -0.05) is 100 Å². The number of fused-ring (bicyclic) bond motifs is 1. The Labute approximate surface area is 341 Å². The molecule has 2 atom stereocenters. The van der Waals surface area contributed by atoms with E-state index < -0.39 is 31.0 Å². The predicted molar refractivity (Wildman–Crippen MR) is 225 cm³/mol. The number of benzene rings is 4. The quantitative estimate of drug-likeness (QED) is 0.135. The molecule has 11 heteroatoms. The number of carbonyl (C=O) groups is 1. The minimum absolute atomic E-state index is 0.0213. The predicted octanol–water partition coefficient (Wildman–Crippen LogP) is 8.80. The Hall–Kier alpha value is -4.58. The van der Waals surface area contributed by atoms with Gasteiger partial charge in [-0.15, -0.1) is 10.2 Å². The van der Waals surface area contributed by atoms with Gasteiger partial charge in [0.15, 0.2) is 0 Å². The lowest BCUT2D eigenvalue weighted by atomic mass is 9.58. The number of carbonyl (C=O) groups excluding carboxylic acids is 1. The van der Waals surface area contributed by atoms with Gasteiger partial charge in [0.2, 0.25) is 0 Å². The van der Waals surface area contributed by atoms with Crippen molar-refractivity contribution in [2.45, 2.75) is 95.4 Å². The number of amides is 1. The van der Waals surface area contributed by atoms with Crippen molar-refractivity contribution in [1.29, 1.82) is 0 Å². The molecule has 8 rings (SSSR count). The zero-order chi connectivity index (χ0) is 41.0. The highest BCUT2D eigenvalue weighted by Crippen LogP contribution is 2.52. The van der Waals surface area contributed by atoms with Gasteiger partial charge in [-0.2, -0.15) is 13.2 Å². The van der Waals surface area contributed by atoms with Gasteiger partial charge in [0, 0.05) is 30.9 Å². The van der Waals surface area contributed by atoms with Crippen LogP contribution in [-0.2, 0) is 25.2 Å². The SMILES string of the molecule is CC1CC(c2cccc(N3Cc4c(cc(C(CCC(C)(C)[Si](O)(c5ccccc5)c5ccccc5)N5CCC[C@H](C)C5)cc4C(F)(F)F)C3=O)c2)(c2nncn2C)C1. The van der Waals surface area contributed by atoms with Crippen LogP contribution in [0.5, 0.6) is 0 Å². The molecule has 2 aliphatic heterocycles. The van der Waals surface area contributed by atoms with Crippen LogP contribution in [0.2, 0.25) is 5.04 Å². The lowest BCUT2D eigenvalue weighted by Crippen LogP contribution is -2.65. The molecule has 1 amide bonds. The Kier molecular flexibility index (Phi) is 10.6. The van der Waals surface area contributed by atoms with Gasteiger partial charge in [-0.3, -0.25) is 9.69 Å². The van der Waals surface area contributed by atoms with Crippen molar-refractivity contribution in [3.63, 3.8) is 0 Å². The van der Waals surface area contributed by atoms with Crippen LogP contribution in [0.3, 0.4) is 0 Å². The Bertz CT molecular complexity index is 2230. The molecule has 7 nitrogen and oxygen atoms in total. The summed E-state index contributed by atoms with van der Waals surface area (Å²) < 4.78 is 47.8. The Morgan fingerprint density at radius 3 is 2.17 bits per heavy atom. The van der Waals surface area contributed by atoms with Gasteiger partial charge in [-0.25, -0.2) is 0 Å². The number of likely N-dealkylation sites (tertiary alicyclic amines) is 1. The fourth-order valence-electron chi connectivity index (χ4n) is 10.5. The van der Waals surface area contributed by atoms with Crippen molar-refractivity contribution in [3.8, 4) is 0 Å². The van der Waals surface area contributed by atoms with Crippen LogP contribution in [0.15, 0.2) is 103 Å². The Morgan fingerprint density at radius 1 is 0.914 bits per heavy atom. The molecule has 1 aliphatic carbocycles. The van der Waals surface area contributed by atoms with Crippen LogP contribution in [0.25, 0.3) is 0 Å². The lowest BCUT2D eigenvalue weighted by Gasteiger charge is -2.46. The number of hydrogen-bond acceptors (Lipinski definition) is 5. The highest BCUT2D eigenvalue weighted by Gasteiger charge is 2.51. The Balaban J connectivity index is 1.16. The first-order valence-corrected chi connectivity index (χ1v) is 22.7. The third-order valence-corrected chi connectivity index (χ3v) is 18.1. The molecule has 4 aromatic carbocycles. The molecular weight excluding hydrogens is 752 g/mol. The van der Waals surface area contributed by atoms with E-state index in [0.29, 0.717) is 35.9 Å². The third-order valence-electron chi connectivity index (χ3n) is 13.5. The number of alkyl halides is 3. The second-order valence-electron chi connectivity index (χ2n) is 18.0. The largest absolute Gasteiger partial charge is 0.424 e. The van der Waals surface area contributed by atoms with Crippen LogP contribution >= 0.6 is 0 Å². The molecule has 1 N–H and O–H groups in total. The summed E-state index contributed by atoms with van der Waals surface area (Å²) >= 11 is 0. The first-order valence-electron chi connectivity index (χ1n) is 20.7. The summed E-state index contributed by atoms with van der Waals surface area (Å²) in [5, 5.41) is 9.81. The van der Waals surface area contributed by atoms with Crippen molar-refractivity contribution >= 4 is 30.3 Å². The van der Waals surface area contributed by atoms with E-state index in [4.69, 9.17) is 0 Å². The summed E-state index contributed by atoms with van der Waals surface area (Å²) in [7, 11) is -1.46. The smallest absolute Gasteiger partial charge is 0.416 e. The standard InChI is InChI=1S/C47H54F3N5O2Si/c1-32-14-13-23-54(29-32)42(21-22-45(3,4)58(57,37-17-8-6-9-18-37)38-19-10-7-11-20-38)34-24-39-40(41(25-34)47(48,49)50)30-55(43(39)56)36-16-12-15-35(26-36)46(27-33(2)28-46)44-52-51-31-53(44)5/h6-12,15-20,24-26,31-33,42,57H,13-14,21-23,27-30H2,1-5H3/t32-,33?,42?,46?/m0/s1. The van der Waals surface area contributed by atoms with E-state index in [0.717, 1.165) is 60.5 Å². The molecule has 1 aromatic heterocycles. The fraction of sp³-hybridized carbons (Fsp3) is 0.426. The van der Waals surface area contributed by atoms with Crippen LogP contribution in [0, 0.1) is 11.8 Å². The molecule has 0 radical (unpaired) electrons. The summed E-state index contributed by atoms with van der Waals surface area (Å²) in [6, 6.07) is 30.1. The summed E-state index contributed by atoms with van der Waals surface area (Å²) in [6.45, 7) is 9.95. The van der Waals surface area contributed by atoms with Crippen LogP contribution in [0.1, 0.15) is 111 Å². The van der Waals surface area contributed by atoms with Gasteiger partial charge >= 0.3 is 6.18 Å². The molecule has 0 spiro atoms. The van der Waals surface area contributed by atoms with E-state index in [1.807, 2.05) is 96.5 Å². The molecule has 5 aromatic rings. The van der Waals surface area contributed by atoms with E-state index in [2.05, 4.69) is 42.8 Å². The third kappa shape index (κ3) is 7.02. The normalized spacial score (nSPS) is 22.2. The number of halogens is 3. The molecule has 2 fully saturated rings. The van der Waals surface area contributed by atoms with Crippen LogP contribution < -0.4 is 15.3 Å². The van der Waals surface area contributed by atoms with E-state index in [1.54, 1.807) is 12.4 Å². The van der Waals surface area contributed by atoms with Gasteiger partial charge < -0.3 is 14.3 Å². The molecule has 1 saturated carbocycles. The first kappa shape index (κ1) is 40.2. The van der Waals surface area contributed by atoms with Gasteiger partial charge in [0.25, 0.3) is 14.2 Å². The summed E-state index contributed by atoms with van der Waals surface area (Å²) in [6.07, 6.45) is 1.84. The topological polar surface area (TPSA) is 74.5 Å². The number of rotatable bonds is 11. The molecular formula is C47H54F3N5O2Si. The molecule has 1 saturated heterocycles. The Morgan fingerprint density at radius 2 is 1.59 bits per heavy atom. The second-order valence-corrected chi connectivity index (χ2v) is 21.9. The van der Waals surface area contributed by atoms with Crippen molar-refractivity contribution in [1.82, 2.24) is 19.7 Å². The zero-order valence-electron chi connectivity index (χ0n) is 34.1. The number of anilines is 1. The molecule has 58 heavy (non-hydrogen) atoms. The van der Waals surface area contributed by atoms with Gasteiger partial charge in [-0.05, 0) is 113 Å². The number of aryl methyl sites for hydroxylation is 1. The number of hydrogen-bond donors (Lipinski definition) is 1. The first-order chi connectivity index (χ1) is 27.6. The maximum absolute atomic E-state index is 15.3. The van der Waals surface area contributed by atoms with Gasteiger partial charge in [0.1, 0.15) is 12.2 Å². The fourth-order valence-corrected chi connectivity index (χ4v) is 14.3. The van der Waals surface area contributed by atoms with Crippen molar-refractivity contribution in [3.05, 3.63) is 137 Å². The van der Waals surface area contributed by atoms with Crippen molar-refractivity contribution < 1.29 is 22.8 Å². The second kappa shape index (κ2) is 15.2. The summed E-state index contributed by atoms with van der Waals surface area (Å²) in [4.78, 5) is 31.3. The molecule has 3 aliphatic rings. The average molecular weight is 806 g/mol. The maximum Gasteiger partial charge on any atom is 0.416 e. The molecule has 3 heterocycles. The van der Waals surface area contributed by atoms with Crippen molar-refractivity contribution in [2.75, 3.05) is 18.0 Å². The highest BCUT2D eigenvalue weighted by molar-refractivity contribution is 6.98. The summed E-state index contributed by atoms with van der Waals surface area (Å²) in [5.41, 5.74) is 1.07. The van der Waals surface area contributed by atoms with Gasteiger partial charge in [0.05, 0.1) is 17.5 Å². The number of nitrogens with zero attached hydrogens (tertiary/aromatic N) is 5. The van der Waals surface area contributed by atoms with E-state index in [9.17, 15) is 9.59 Å². The zero-order valence-corrected chi connectivity index (χ0v) is 35.1. The maximum atomic E-state index is 15.3. The van der Waals surface area contributed by atoms with E-state index in [1.165, 1.54) is 11.0 Å². The number of piperidine rings is 1. The molecule has 0 bridgehead atoms. The van der Waals surface area contributed by atoms with E-state index >= 15 is 13.2 Å². The average Bonchev–Trinajstić information content (AvgIpc) is 3.78. The van der Waals surface area contributed by atoms with Crippen LogP contribution in [0.4, 0.5) is 18.9 Å². The monoisotopic (exact) mass is 805 g/mol. The minimum Gasteiger partial charge on any atom is -0.424 e. The minimum atomic E-state index is -4.66. The summed E-state index contributed by atoms with van der Waals surface area (Å²) in [5.74, 6) is 1.28. The molecule has 304 valence electrons. The van der Waals surface area contributed by atoms with Crippen LogP contribution in [-0.4, -0.2) is 51.8 Å². The lowest BCUT2D eigenvalue weighted by molar-refractivity contribution is -0.138. The van der Waals surface area contributed by atoms with Crippen molar-refractivity contribution in [2.24, 2.45) is 18.9 Å². The van der Waals surface area contributed by atoms with E-state index in [-0.39, 0.29) is 29.1 Å². The molecule has 1 unspecified atom stereocenters. The highest BCUT2D eigenvalue weighted by atomic mass is 28.4. The number of aromatic nitrogens is 3.